The van der Waals surface area contributed by atoms with Crippen molar-refractivity contribution in [3.8, 4) is 5.75 Å². The summed E-state index contributed by atoms with van der Waals surface area (Å²) in [6.45, 7) is 5.60. The monoisotopic (exact) mass is 261 g/mol. The van der Waals surface area contributed by atoms with Crippen LogP contribution in [-0.2, 0) is 4.79 Å². The number of ketones is 1. The molecule has 1 heterocycles. The van der Waals surface area contributed by atoms with Gasteiger partial charge in [-0.2, -0.15) is 0 Å². The molecule has 19 heavy (non-hydrogen) atoms. The van der Waals surface area contributed by atoms with E-state index in [1.165, 1.54) is 0 Å². The quantitative estimate of drug-likeness (QED) is 0.769. The molecule has 0 radical (unpaired) electrons. The van der Waals surface area contributed by atoms with Gasteiger partial charge >= 0.3 is 0 Å². The van der Waals surface area contributed by atoms with Crippen molar-refractivity contribution in [2.75, 3.05) is 11.9 Å². The lowest BCUT2D eigenvalue weighted by molar-refractivity contribution is -0.120. The number of fused-ring (bicyclic) bond motifs is 1. The van der Waals surface area contributed by atoms with E-state index < -0.39 is 5.60 Å². The smallest absolute Gasteiger partial charge is 0.230 e. The Morgan fingerprint density at radius 1 is 1.42 bits per heavy atom. The fourth-order valence-electron chi connectivity index (χ4n) is 2.19. The van der Waals surface area contributed by atoms with Crippen LogP contribution in [0.5, 0.6) is 5.75 Å². The minimum absolute atomic E-state index is 0.00940. The number of Topliss-reactive ketones (excluding diaryl/α,β-unsaturated/α-hetero) is 1. The lowest BCUT2D eigenvalue weighted by Crippen LogP contribution is -2.34. The highest BCUT2D eigenvalue weighted by molar-refractivity contribution is 6.00. The van der Waals surface area contributed by atoms with Crippen LogP contribution in [0.4, 0.5) is 5.69 Å². The Hall–Kier alpha value is -1.84. The molecule has 0 atom stereocenters. The van der Waals surface area contributed by atoms with Crippen LogP contribution in [0.25, 0.3) is 0 Å². The molecule has 0 aliphatic carbocycles. The number of amides is 1. The van der Waals surface area contributed by atoms with E-state index >= 15 is 0 Å². The summed E-state index contributed by atoms with van der Waals surface area (Å²) in [7, 11) is 1.71. The summed E-state index contributed by atoms with van der Waals surface area (Å²) in [4.78, 5) is 25.4. The minimum atomic E-state index is -0.535. The predicted molar refractivity (Wildman–Crippen MR) is 73.8 cm³/mol. The number of carbonyl (C=O) groups is 2. The number of carbonyl (C=O) groups excluding carboxylic acids is 2. The fraction of sp³-hybridized carbons (Fsp3) is 0.467. The molecule has 0 unspecified atom stereocenters. The van der Waals surface area contributed by atoms with Crippen LogP contribution in [0.15, 0.2) is 18.2 Å². The lowest BCUT2D eigenvalue weighted by Gasteiger charge is -2.23. The summed E-state index contributed by atoms with van der Waals surface area (Å²) < 4.78 is 5.88. The van der Waals surface area contributed by atoms with Gasteiger partial charge in [-0.15, -0.1) is 0 Å². The third kappa shape index (κ3) is 2.62. The highest BCUT2D eigenvalue weighted by Gasteiger charge is 2.32. The Kier molecular flexibility index (Phi) is 3.35. The third-order valence-corrected chi connectivity index (χ3v) is 3.30. The maximum absolute atomic E-state index is 12.1. The predicted octanol–water partition coefficient (Wildman–Crippen LogP) is 2.80. The van der Waals surface area contributed by atoms with Gasteiger partial charge in [0.15, 0.2) is 5.78 Å². The molecule has 0 aromatic heterocycles. The molecule has 1 amide bonds. The van der Waals surface area contributed by atoms with Crippen molar-refractivity contribution in [3.05, 3.63) is 23.8 Å². The zero-order chi connectivity index (χ0) is 14.2. The largest absolute Gasteiger partial charge is 0.485 e. The second kappa shape index (κ2) is 4.68. The summed E-state index contributed by atoms with van der Waals surface area (Å²) in [5.41, 5.74) is 0.742. The first-order chi connectivity index (χ1) is 8.84. The van der Waals surface area contributed by atoms with E-state index in [9.17, 15) is 9.59 Å². The second-order valence-electron chi connectivity index (χ2n) is 5.45. The standard InChI is InChI=1S/C15H19NO3/c1-5-12(17)10-6-7-13-11(8-10)16(4)14(18)9-15(2,3)19-13/h6-8H,5,9H2,1-4H3. The summed E-state index contributed by atoms with van der Waals surface area (Å²) in [6, 6.07) is 5.26. The zero-order valence-corrected chi connectivity index (χ0v) is 11.8. The lowest BCUT2D eigenvalue weighted by atomic mass is 10.1. The van der Waals surface area contributed by atoms with E-state index in [1.807, 2.05) is 20.8 Å². The number of ether oxygens (including phenoxy) is 1. The molecule has 0 bridgehead atoms. The molecule has 102 valence electrons. The highest BCUT2D eigenvalue weighted by atomic mass is 16.5. The Bertz CT molecular complexity index is 534. The molecule has 2 rings (SSSR count). The van der Waals surface area contributed by atoms with Crippen LogP contribution in [0.2, 0.25) is 0 Å². The van der Waals surface area contributed by atoms with Gasteiger partial charge in [0.05, 0.1) is 12.1 Å². The van der Waals surface area contributed by atoms with Crippen molar-refractivity contribution in [1.29, 1.82) is 0 Å². The molecule has 1 aliphatic rings. The van der Waals surface area contributed by atoms with Gasteiger partial charge in [-0.05, 0) is 32.0 Å². The topological polar surface area (TPSA) is 46.6 Å². The number of rotatable bonds is 2. The molecule has 1 aliphatic heterocycles. The van der Waals surface area contributed by atoms with Crippen LogP contribution in [0.3, 0.4) is 0 Å². The molecule has 4 heteroatoms. The SMILES string of the molecule is CCC(=O)c1ccc2c(c1)N(C)C(=O)CC(C)(C)O2. The summed E-state index contributed by atoms with van der Waals surface area (Å²) in [5, 5.41) is 0. The van der Waals surface area contributed by atoms with Crippen LogP contribution in [-0.4, -0.2) is 24.3 Å². The van der Waals surface area contributed by atoms with E-state index in [2.05, 4.69) is 0 Å². The highest BCUT2D eigenvalue weighted by Crippen LogP contribution is 2.36. The van der Waals surface area contributed by atoms with Crippen molar-refractivity contribution in [2.24, 2.45) is 0 Å². The van der Waals surface area contributed by atoms with Crippen molar-refractivity contribution < 1.29 is 14.3 Å². The van der Waals surface area contributed by atoms with Gasteiger partial charge < -0.3 is 9.64 Å². The normalized spacial score (nSPS) is 17.5. The third-order valence-electron chi connectivity index (χ3n) is 3.30. The van der Waals surface area contributed by atoms with Crippen molar-refractivity contribution in [2.45, 2.75) is 39.2 Å². The summed E-state index contributed by atoms with van der Waals surface area (Å²) >= 11 is 0. The number of anilines is 1. The van der Waals surface area contributed by atoms with E-state index in [-0.39, 0.29) is 11.7 Å². The Morgan fingerprint density at radius 3 is 2.74 bits per heavy atom. The average molecular weight is 261 g/mol. The van der Waals surface area contributed by atoms with Crippen molar-refractivity contribution in [1.82, 2.24) is 0 Å². The maximum Gasteiger partial charge on any atom is 0.230 e. The average Bonchev–Trinajstić information content (AvgIpc) is 2.43. The van der Waals surface area contributed by atoms with Crippen molar-refractivity contribution >= 4 is 17.4 Å². The van der Waals surface area contributed by atoms with Crippen LogP contribution < -0.4 is 9.64 Å². The first kappa shape index (κ1) is 13.6. The van der Waals surface area contributed by atoms with Crippen molar-refractivity contribution in [3.63, 3.8) is 0 Å². The minimum Gasteiger partial charge on any atom is -0.485 e. The maximum atomic E-state index is 12.1. The van der Waals surface area contributed by atoms with Gasteiger partial charge in [0.1, 0.15) is 11.4 Å². The first-order valence-electron chi connectivity index (χ1n) is 6.47. The van der Waals surface area contributed by atoms with E-state index in [1.54, 1.807) is 30.1 Å². The number of benzene rings is 1. The van der Waals surface area contributed by atoms with Gasteiger partial charge in [-0.25, -0.2) is 0 Å². The molecule has 0 N–H and O–H groups in total. The Balaban J connectivity index is 2.51. The van der Waals surface area contributed by atoms with Gasteiger partial charge in [0.2, 0.25) is 5.91 Å². The molecule has 1 aromatic carbocycles. The molecule has 0 saturated carbocycles. The molecular formula is C15H19NO3. The molecular weight excluding hydrogens is 242 g/mol. The number of hydrogen-bond acceptors (Lipinski definition) is 3. The van der Waals surface area contributed by atoms with Gasteiger partial charge in [0.25, 0.3) is 0 Å². The van der Waals surface area contributed by atoms with Crippen LogP contribution >= 0.6 is 0 Å². The molecule has 4 nitrogen and oxygen atoms in total. The second-order valence-corrected chi connectivity index (χ2v) is 5.45. The molecule has 0 saturated heterocycles. The van der Waals surface area contributed by atoms with Gasteiger partial charge in [0, 0.05) is 19.0 Å². The van der Waals surface area contributed by atoms with E-state index in [0.717, 1.165) is 0 Å². The molecule has 0 fully saturated rings. The fourth-order valence-corrected chi connectivity index (χ4v) is 2.19. The van der Waals surface area contributed by atoms with Gasteiger partial charge in [-0.1, -0.05) is 6.92 Å². The Morgan fingerprint density at radius 2 is 2.11 bits per heavy atom. The molecule has 1 aromatic rings. The first-order valence-corrected chi connectivity index (χ1v) is 6.47. The zero-order valence-electron chi connectivity index (χ0n) is 11.8. The Labute approximate surface area is 113 Å². The van der Waals surface area contributed by atoms with E-state index in [0.29, 0.717) is 29.8 Å². The van der Waals surface area contributed by atoms with E-state index in [4.69, 9.17) is 4.74 Å². The number of nitrogens with zero attached hydrogens (tertiary/aromatic N) is 1. The van der Waals surface area contributed by atoms with Crippen LogP contribution in [0.1, 0.15) is 44.0 Å². The summed E-state index contributed by atoms with van der Waals surface area (Å²) in [6.07, 6.45) is 0.762. The van der Waals surface area contributed by atoms with Crippen LogP contribution in [0, 0.1) is 0 Å². The summed E-state index contributed by atoms with van der Waals surface area (Å²) in [5.74, 6) is 0.697. The number of hydrogen-bond donors (Lipinski definition) is 0. The van der Waals surface area contributed by atoms with Gasteiger partial charge in [-0.3, -0.25) is 9.59 Å². The molecule has 0 spiro atoms.